The smallest absolute Gasteiger partial charge is 0.339 e. The van der Waals surface area contributed by atoms with Gasteiger partial charge in [0.15, 0.2) is 6.10 Å². The van der Waals surface area contributed by atoms with Gasteiger partial charge in [-0.3, -0.25) is 9.59 Å². The van der Waals surface area contributed by atoms with E-state index in [-0.39, 0.29) is 5.56 Å². The number of aromatic nitrogens is 1. The minimum atomic E-state index is -1.01. The van der Waals surface area contributed by atoms with Crippen molar-refractivity contribution >= 4 is 28.5 Å². The second-order valence-corrected chi connectivity index (χ2v) is 5.50. The van der Waals surface area contributed by atoms with E-state index in [0.29, 0.717) is 16.6 Å². The second kappa shape index (κ2) is 7.00. The first-order valence-electron chi connectivity index (χ1n) is 7.73. The number of H-pyrrole nitrogens is 1. The molecule has 0 spiro atoms. The highest BCUT2D eigenvalue weighted by molar-refractivity contribution is 6.04. The lowest BCUT2D eigenvalue weighted by atomic mass is 10.1. The maximum absolute atomic E-state index is 12.4. The normalized spacial score (nSPS) is 11.7. The number of nitrogens with one attached hydrogen (secondary N) is 2. The van der Waals surface area contributed by atoms with Crippen LogP contribution in [-0.4, -0.2) is 23.0 Å². The number of aromatic amines is 1. The molecule has 6 heteroatoms. The van der Waals surface area contributed by atoms with Gasteiger partial charge >= 0.3 is 5.97 Å². The molecule has 0 bridgehead atoms. The first-order valence-corrected chi connectivity index (χ1v) is 7.73. The van der Waals surface area contributed by atoms with Crippen molar-refractivity contribution in [3.63, 3.8) is 0 Å². The van der Waals surface area contributed by atoms with Crippen LogP contribution in [0.1, 0.15) is 17.3 Å². The molecule has 1 amide bonds. The standard InChI is InChI=1S/C19H16N2O4/c1-12(18(23)20-13-7-3-2-4-8-13)25-19(24)15-11-17(22)21-16-10-6-5-9-14(15)16/h2-12H,1H3,(H,20,23)(H,21,22). The zero-order valence-electron chi connectivity index (χ0n) is 13.5. The fourth-order valence-electron chi connectivity index (χ4n) is 2.42. The van der Waals surface area contributed by atoms with E-state index in [1.54, 1.807) is 48.5 Å². The summed E-state index contributed by atoms with van der Waals surface area (Å²) in [6, 6.07) is 16.9. The molecule has 0 saturated heterocycles. The van der Waals surface area contributed by atoms with Crippen molar-refractivity contribution < 1.29 is 14.3 Å². The third kappa shape index (κ3) is 3.74. The van der Waals surface area contributed by atoms with Gasteiger partial charge in [0.1, 0.15) is 0 Å². The third-order valence-electron chi connectivity index (χ3n) is 3.66. The number of fused-ring (bicyclic) bond motifs is 1. The average Bonchev–Trinajstić information content (AvgIpc) is 2.61. The Morgan fingerprint density at radius 2 is 1.72 bits per heavy atom. The largest absolute Gasteiger partial charge is 0.449 e. The number of esters is 1. The Labute approximate surface area is 143 Å². The molecule has 2 N–H and O–H groups in total. The third-order valence-corrected chi connectivity index (χ3v) is 3.66. The Hall–Kier alpha value is -3.41. The summed E-state index contributed by atoms with van der Waals surface area (Å²) >= 11 is 0. The van der Waals surface area contributed by atoms with Crippen LogP contribution >= 0.6 is 0 Å². The van der Waals surface area contributed by atoms with E-state index in [1.165, 1.54) is 13.0 Å². The Morgan fingerprint density at radius 1 is 1.04 bits per heavy atom. The molecule has 1 heterocycles. The number of hydrogen-bond donors (Lipinski definition) is 2. The van der Waals surface area contributed by atoms with Gasteiger partial charge in [0.05, 0.1) is 5.56 Å². The van der Waals surface area contributed by atoms with Crippen LogP contribution in [0.25, 0.3) is 10.9 Å². The molecule has 3 aromatic rings. The summed E-state index contributed by atoms with van der Waals surface area (Å²) in [6.07, 6.45) is -1.01. The van der Waals surface area contributed by atoms with E-state index in [2.05, 4.69) is 10.3 Å². The fourth-order valence-corrected chi connectivity index (χ4v) is 2.42. The minimum absolute atomic E-state index is 0.124. The molecule has 3 rings (SSSR count). The summed E-state index contributed by atoms with van der Waals surface area (Å²) in [4.78, 5) is 39.0. The van der Waals surface area contributed by atoms with Gasteiger partial charge in [-0.05, 0) is 25.1 Å². The topological polar surface area (TPSA) is 88.3 Å². The first-order chi connectivity index (χ1) is 12.0. The molecular weight excluding hydrogens is 320 g/mol. The zero-order valence-corrected chi connectivity index (χ0v) is 13.5. The van der Waals surface area contributed by atoms with Gasteiger partial charge in [-0.1, -0.05) is 36.4 Å². The first kappa shape index (κ1) is 16.4. The van der Waals surface area contributed by atoms with Crippen LogP contribution in [0.15, 0.2) is 65.5 Å². The van der Waals surface area contributed by atoms with Gasteiger partial charge in [-0.2, -0.15) is 0 Å². The highest BCUT2D eigenvalue weighted by Gasteiger charge is 2.21. The number of rotatable bonds is 4. The van der Waals surface area contributed by atoms with E-state index in [1.807, 2.05) is 6.07 Å². The summed E-state index contributed by atoms with van der Waals surface area (Å²) in [5.41, 5.74) is 0.853. The van der Waals surface area contributed by atoms with Crippen LogP contribution in [0.2, 0.25) is 0 Å². The number of ether oxygens (including phenoxy) is 1. The summed E-state index contributed by atoms with van der Waals surface area (Å²) in [5, 5.41) is 3.22. The van der Waals surface area contributed by atoms with Crippen molar-refractivity contribution in [3.8, 4) is 0 Å². The number of pyridine rings is 1. The quantitative estimate of drug-likeness (QED) is 0.717. The Bertz CT molecular complexity index is 979. The predicted octanol–water partition coefficient (Wildman–Crippen LogP) is 2.71. The predicted molar refractivity (Wildman–Crippen MR) is 94.5 cm³/mol. The molecule has 0 radical (unpaired) electrons. The molecule has 1 aromatic heterocycles. The Morgan fingerprint density at radius 3 is 2.48 bits per heavy atom. The summed E-state index contributed by atoms with van der Waals surface area (Å²) in [5.74, 6) is -1.17. The fraction of sp³-hybridized carbons (Fsp3) is 0.105. The maximum Gasteiger partial charge on any atom is 0.339 e. The Kier molecular flexibility index (Phi) is 4.61. The van der Waals surface area contributed by atoms with Crippen molar-refractivity contribution in [1.29, 1.82) is 0 Å². The van der Waals surface area contributed by atoms with E-state index < -0.39 is 23.5 Å². The molecule has 1 unspecified atom stereocenters. The van der Waals surface area contributed by atoms with Crippen molar-refractivity contribution in [2.24, 2.45) is 0 Å². The summed E-state index contributed by atoms with van der Waals surface area (Å²) in [6.45, 7) is 1.48. The number of para-hydroxylation sites is 2. The monoisotopic (exact) mass is 336 g/mol. The van der Waals surface area contributed by atoms with Crippen molar-refractivity contribution in [3.05, 3.63) is 76.6 Å². The lowest BCUT2D eigenvalue weighted by Crippen LogP contribution is -2.30. The van der Waals surface area contributed by atoms with Crippen LogP contribution in [0.5, 0.6) is 0 Å². The summed E-state index contributed by atoms with van der Waals surface area (Å²) in [7, 11) is 0. The lowest BCUT2D eigenvalue weighted by molar-refractivity contribution is -0.123. The second-order valence-electron chi connectivity index (χ2n) is 5.50. The summed E-state index contributed by atoms with van der Waals surface area (Å²) < 4.78 is 5.23. The molecule has 0 saturated carbocycles. The Balaban J connectivity index is 1.78. The van der Waals surface area contributed by atoms with Crippen LogP contribution in [0, 0.1) is 0 Å². The minimum Gasteiger partial charge on any atom is -0.449 e. The molecule has 0 aliphatic carbocycles. The van der Waals surface area contributed by atoms with Gasteiger partial charge in [-0.15, -0.1) is 0 Å². The number of carbonyl (C=O) groups is 2. The molecule has 0 aliphatic rings. The van der Waals surface area contributed by atoms with Crippen molar-refractivity contribution in [2.75, 3.05) is 5.32 Å². The van der Waals surface area contributed by atoms with Crippen molar-refractivity contribution in [1.82, 2.24) is 4.98 Å². The number of hydrogen-bond acceptors (Lipinski definition) is 4. The van der Waals surface area contributed by atoms with Crippen molar-refractivity contribution in [2.45, 2.75) is 13.0 Å². The van der Waals surface area contributed by atoms with Gasteiger partial charge in [0.25, 0.3) is 5.91 Å². The molecular formula is C19H16N2O4. The SMILES string of the molecule is CC(OC(=O)c1cc(=O)[nH]c2ccccc12)C(=O)Nc1ccccc1. The number of benzene rings is 2. The van der Waals surface area contributed by atoms with Gasteiger partial charge in [-0.25, -0.2) is 4.79 Å². The lowest BCUT2D eigenvalue weighted by Gasteiger charge is -2.14. The van der Waals surface area contributed by atoms with Crippen LogP contribution < -0.4 is 10.9 Å². The highest BCUT2D eigenvalue weighted by atomic mass is 16.5. The highest BCUT2D eigenvalue weighted by Crippen LogP contribution is 2.16. The van der Waals surface area contributed by atoms with E-state index >= 15 is 0 Å². The van der Waals surface area contributed by atoms with Gasteiger partial charge < -0.3 is 15.0 Å². The molecule has 25 heavy (non-hydrogen) atoms. The molecule has 1 atom stereocenters. The molecule has 6 nitrogen and oxygen atoms in total. The van der Waals surface area contributed by atoms with Gasteiger partial charge in [0, 0.05) is 22.7 Å². The average molecular weight is 336 g/mol. The zero-order chi connectivity index (χ0) is 17.8. The van der Waals surface area contributed by atoms with Crippen LogP contribution in [0.3, 0.4) is 0 Å². The van der Waals surface area contributed by atoms with E-state index in [9.17, 15) is 14.4 Å². The molecule has 126 valence electrons. The molecule has 2 aromatic carbocycles. The maximum atomic E-state index is 12.4. The molecule has 0 fully saturated rings. The molecule has 0 aliphatic heterocycles. The number of anilines is 1. The number of carbonyl (C=O) groups excluding carboxylic acids is 2. The van der Waals surface area contributed by atoms with Crippen LogP contribution in [-0.2, 0) is 9.53 Å². The van der Waals surface area contributed by atoms with Gasteiger partial charge in [0.2, 0.25) is 5.56 Å². The van der Waals surface area contributed by atoms with E-state index in [0.717, 1.165) is 0 Å². The van der Waals surface area contributed by atoms with E-state index in [4.69, 9.17) is 4.74 Å². The van der Waals surface area contributed by atoms with Crippen LogP contribution in [0.4, 0.5) is 5.69 Å². The number of amides is 1.